The molecule has 0 aromatic carbocycles. The lowest BCUT2D eigenvalue weighted by atomic mass is 9.79. The Labute approximate surface area is 219 Å². The average Bonchev–Trinajstić information content (AvgIpc) is 3.45. The molecule has 2 N–H and O–H groups in total. The Balaban J connectivity index is 0.00000289. The Morgan fingerprint density at radius 3 is 2.37 bits per heavy atom. The third kappa shape index (κ3) is 5.16. The molecule has 4 aromatic heterocycles. The molecule has 0 aliphatic carbocycles. The van der Waals surface area contributed by atoms with Crippen LogP contribution in [0.1, 0.15) is 47.5 Å². The van der Waals surface area contributed by atoms with Crippen molar-refractivity contribution in [2.24, 2.45) is 0 Å². The molecular formula is C24H32ClN7OS2. The Morgan fingerprint density at radius 2 is 1.77 bits per heavy atom. The minimum Gasteiger partial charge on any atom is -0.506 e. The van der Waals surface area contributed by atoms with Crippen molar-refractivity contribution in [2.75, 3.05) is 11.9 Å². The molecule has 4 aromatic rings. The van der Waals surface area contributed by atoms with Gasteiger partial charge in [-0.3, -0.25) is 4.68 Å². The number of thiazole rings is 2. The van der Waals surface area contributed by atoms with Crippen molar-refractivity contribution in [1.82, 2.24) is 30.0 Å². The van der Waals surface area contributed by atoms with Crippen molar-refractivity contribution in [2.45, 2.75) is 71.1 Å². The third-order valence-electron chi connectivity index (χ3n) is 6.34. The van der Waals surface area contributed by atoms with E-state index in [1.807, 2.05) is 17.8 Å². The van der Waals surface area contributed by atoms with Gasteiger partial charge in [-0.1, -0.05) is 22.7 Å². The molecular weight excluding hydrogens is 502 g/mol. The molecule has 5 rings (SSSR count). The monoisotopic (exact) mass is 533 g/mol. The lowest BCUT2D eigenvalue weighted by molar-refractivity contribution is 0.161. The summed E-state index contributed by atoms with van der Waals surface area (Å²) in [4.78, 5) is 18.2. The van der Waals surface area contributed by atoms with E-state index in [4.69, 9.17) is 9.97 Å². The number of rotatable bonds is 5. The van der Waals surface area contributed by atoms with Crippen LogP contribution in [0.15, 0.2) is 24.7 Å². The molecule has 0 bridgehead atoms. The first-order valence-electron chi connectivity index (χ1n) is 11.6. The highest BCUT2D eigenvalue weighted by molar-refractivity contribution is 7.29. The molecule has 0 spiro atoms. The Hall–Kier alpha value is -2.27. The summed E-state index contributed by atoms with van der Waals surface area (Å²) in [7, 11) is 2.14. The van der Waals surface area contributed by atoms with Crippen molar-refractivity contribution in [3.63, 3.8) is 0 Å². The second-order valence-corrected chi connectivity index (χ2v) is 12.3. The zero-order valence-electron chi connectivity index (χ0n) is 20.9. The number of nitrogens with one attached hydrogen (secondary N) is 1. The van der Waals surface area contributed by atoms with Gasteiger partial charge in [0, 0.05) is 54.2 Å². The third-order valence-corrected chi connectivity index (χ3v) is 8.47. The molecule has 1 aliphatic rings. The minimum atomic E-state index is 0. The Kier molecular flexibility index (Phi) is 6.87. The van der Waals surface area contributed by atoms with Crippen molar-refractivity contribution in [3.8, 4) is 27.6 Å². The van der Waals surface area contributed by atoms with E-state index in [-0.39, 0.29) is 29.2 Å². The minimum absolute atomic E-state index is 0. The summed E-state index contributed by atoms with van der Waals surface area (Å²) in [5.41, 5.74) is 2.39. The van der Waals surface area contributed by atoms with Gasteiger partial charge in [0.2, 0.25) is 0 Å². The standard InChI is InChI=1S/C24H31N7OS2.ClH/c1-7-31-13-15(12-26-31)14-8-17(32)18(25-11-14)19-27-20-21(33-19)28-22(34-20)30(6)16-9-23(2,3)29-24(4,5)10-16;/h8,11-13,16,29,32H,7,9-10H2,1-6H3;1H. The fourth-order valence-electron chi connectivity index (χ4n) is 5.04. The fraction of sp³-hybridized carbons (Fsp3) is 0.500. The highest BCUT2D eigenvalue weighted by Gasteiger charge is 2.39. The van der Waals surface area contributed by atoms with Crippen LogP contribution in [0.25, 0.3) is 31.5 Å². The topological polar surface area (TPSA) is 92.0 Å². The van der Waals surface area contributed by atoms with Gasteiger partial charge in [-0.25, -0.2) is 15.0 Å². The summed E-state index contributed by atoms with van der Waals surface area (Å²) >= 11 is 3.07. The Bertz CT molecular complexity index is 1300. The van der Waals surface area contributed by atoms with E-state index < -0.39 is 0 Å². The first-order valence-corrected chi connectivity index (χ1v) is 13.2. The van der Waals surface area contributed by atoms with E-state index in [1.54, 1.807) is 29.8 Å². The highest BCUT2D eigenvalue weighted by Crippen LogP contribution is 2.40. The molecule has 0 amide bonds. The first kappa shape index (κ1) is 25.8. The molecule has 1 saturated heterocycles. The second kappa shape index (κ2) is 9.31. The lowest BCUT2D eigenvalue weighted by Crippen LogP contribution is -2.61. The molecule has 0 unspecified atom stereocenters. The zero-order chi connectivity index (χ0) is 24.3. The maximum absolute atomic E-state index is 10.7. The van der Waals surface area contributed by atoms with Gasteiger partial charge >= 0.3 is 0 Å². The molecule has 0 saturated carbocycles. The largest absolute Gasteiger partial charge is 0.506 e. The van der Waals surface area contributed by atoms with Crippen LogP contribution >= 0.6 is 35.1 Å². The van der Waals surface area contributed by atoms with Crippen LogP contribution in [0.5, 0.6) is 5.75 Å². The number of aromatic hydroxyl groups is 1. The van der Waals surface area contributed by atoms with Gasteiger partial charge in [0.05, 0.1) is 6.20 Å². The predicted octanol–water partition coefficient (Wildman–Crippen LogP) is 5.57. The van der Waals surface area contributed by atoms with Crippen LogP contribution in [-0.4, -0.2) is 54.0 Å². The summed E-state index contributed by atoms with van der Waals surface area (Å²) in [6.45, 7) is 11.9. The Morgan fingerprint density at radius 1 is 1.09 bits per heavy atom. The van der Waals surface area contributed by atoms with E-state index in [2.05, 4.69) is 55.0 Å². The summed E-state index contributed by atoms with van der Waals surface area (Å²) in [6.07, 6.45) is 7.60. The maximum atomic E-state index is 10.7. The van der Waals surface area contributed by atoms with Gasteiger partial charge in [-0.05, 0) is 53.5 Å². The number of hydrogen-bond donors (Lipinski definition) is 2. The van der Waals surface area contributed by atoms with Crippen LogP contribution < -0.4 is 10.2 Å². The van der Waals surface area contributed by atoms with Gasteiger partial charge in [0.15, 0.2) is 14.8 Å². The van der Waals surface area contributed by atoms with Gasteiger partial charge in [0.1, 0.15) is 16.5 Å². The van der Waals surface area contributed by atoms with Crippen LogP contribution in [-0.2, 0) is 6.54 Å². The zero-order valence-corrected chi connectivity index (χ0v) is 23.3. The number of aryl methyl sites for hydroxylation is 1. The molecule has 0 radical (unpaired) electrons. The van der Waals surface area contributed by atoms with Crippen molar-refractivity contribution in [3.05, 3.63) is 24.7 Å². The SMILES string of the molecule is CCn1cc(-c2cnc(-c3nc4sc(N(C)C5CC(C)(C)NC(C)(C)C5)nc4s3)c(O)c2)cn1.Cl. The number of aromatic nitrogens is 5. The van der Waals surface area contributed by atoms with Crippen LogP contribution in [0.3, 0.4) is 0 Å². The molecule has 1 fully saturated rings. The normalized spacial score (nSPS) is 17.4. The smallest absolute Gasteiger partial charge is 0.188 e. The van der Waals surface area contributed by atoms with E-state index >= 15 is 0 Å². The van der Waals surface area contributed by atoms with Crippen LogP contribution in [0.4, 0.5) is 5.13 Å². The second-order valence-electron chi connectivity index (χ2n) is 10.4. The lowest BCUT2D eigenvalue weighted by Gasteiger charge is -2.48. The van der Waals surface area contributed by atoms with Crippen LogP contribution in [0.2, 0.25) is 0 Å². The molecule has 11 heteroatoms. The maximum Gasteiger partial charge on any atom is 0.188 e. The highest BCUT2D eigenvalue weighted by atomic mass is 35.5. The quantitative estimate of drug-likeness (QED) is 0.346. The van der Waals surface area contributed by atoms with Gasteiger partial charge < -0.3 is 15.3 Å². The number of hydrogen-bond acceptors (Lipinski definition) is 9. The van der Waals surface area contributed by atoms with Crippen molar-refractivity contribution < 1.29 is 5.11 Å². The fourth-order valence-corrected chi connectivity index (χ4v) is 7.12. The number of piperidine rings is 1. The van der Waals surface area contributed by atoms with E-state index in [0.29, 0.717) is 16.7 Å². The van der Waals surface area contributed by atoms with Crippen LogP contribution in [0, 0.1) is 0 Å². The van der Waals surface area contributed by atoms with Gasteiger partial charge in [-0.15, -0.1) is 12.4 Å². The number of anilines is 1. The van der Waals surface area contributed by atoms with E-state index in [9.17, 15) is 5.11 Å². The number of halogens is 1. The molecule has 0 atom stereocenters. The first-order chi connectivity index (χ1) is 16.0. The molecule has 8 nitrogen and oxygen atoms in total. The molecule has 1 aliphatic heterocycles. The van der Waals surface area contributed by atoms with Crippen molar-refractivity contribution >= 4 is 49.9 Å². The summed E-state index contributed by atoms with van der Waals surface area (Å²) in [5, 5.41) is 20.4. The van der Waals surface area contributed by atoms with Gasteiger partial charge in [-0.2, -0.15) is 5.10 Å². The number of nitrogens with zero attached hydrogens (tertiary/aromatic N) is 6. The summed E-state index contributed by atoms with van der Waals surface area (Å²) in [5.74, 6) is 0.111. The number of pyridine rings is 1. The summed E-state index contributed by atoms with van der Waals surface area (Å²) < 4.78 is 1.85. The summed E-state index contributed by atoms with van der Waals surface area (Å²) in [6, 6.07) is 2.13. The van der Waals surface area contributed by atoms with E-state index in [0.717, 1.165) is 45.3 Å². The molecule has 35 heavy (non-hydrogen) atoms. The molecule has 5 heterocycles. The number of fused-ring (bicyclic) bond motifs is 1. The van der Waals surface area contributed by atoms with E-state index in [1.165, 1.54) is 11.3 Å². The average molecular weight is 534 g/mol. The molecule has 188 valence electrons. The predicted molar refractivity (Wildman–Crippen MR) is 147 cm³/mol. The van der Waals surface area contributed by atoms with Gasteiger partial charge in [0.25, 0.3) is 0 Å². The van der Waals surface area contributed by atoms with Crippen molar-refractivity contribution in [1.29, 1.82) is 0 Å².